The second-order valence-electron chi connectivity index (χ2n) is 3.73. The summed E-state index contributed by atoms with van der Waals surface area (Å²) in [4.78, 5) is 4.16. The molecule has 1 unspecified atom stereocenters. The number of rotatable bonds is 2. The summed E-state index contributed by atoms with van der Waals surface area (Å²) >= 11 is 1.55. The minimum Gasteiger partial charge on any atom is -0.442 e. The predicted molar refractivity (Wildman–Crippen MR) is 59.0 cm³/mol. The number of hydrogen-bond acceptors (Lipinski definition) is 4. The summed E-state index contributed by atoms with van der Waals surface area (Å²) in [6.45, 7) is 5.34. The minimum absolute atomic E-state index is 0.526. The topological polar surface area (TPSA) is 46.3 Å². The molecule has 2 aromatic heterocycles. The van der Waals surface area contributed by atoms with Gasteiger partial charge in [-0.05, 0) is 30.7 Å². The summed E-state index contributed by atoms with van der Waals surface area (Å²) in [6.07, 6.45) is 0. The lowest BCUT2D eigenvalue weighted by molar-refractivity contribution is 0.0753. The molecule has 0 fully saturated rings. The lowest BCUT2D eigenvalue weighted by atomic mass is 9.95. The molecule has 3 nitrogen and oxygen atoms in total. The summed E-state index contributed by atoms with van der Waals surface area (Å²) in [6, 6.07) is 1.89. The molecule has 2 aromatic rings. The van der Waals surface area contributed by atoms with Crippen molar-refractivity contribution in [3.8, 4) is 0 Å². The third-order valence-corrected chi connectivity index (χ3v) is 3.11. The molecule has 0 bridgehead atoms. The van der Waals surface area contributed by atoms with E-state index in [1.165, 1.54) is 0 Å². The van der Waals surface area contributed by atoms with Gasteiger partial charge in [0.05, 0.1) is 5.69 Å². The second kappa shape index (κ2) is 3.47. The number of aromatic nitrogens is 1. The van der Waals surface area contributed by atoms with Gasteiger partial charge in [-0.3, -0.25) is 0 Å². The molecule has 1 N–H and O–H groups in total. The summed E-state index contributed by atoms with van der Waals surface area (Å²) in [5.41, 5.74) is 0.487. The Balaban J connectivity index is 2.50. The predicted octanol–water partition coefficient (Wildman–Crippen LogP) is 2.61. The van der Waals surface area contributed by atoms with Crippen LogP contribution in [0.1, 0.15) is 29.8 Å². The van der Waals surface area contributed by atoms with Gasteiger partial charge in [0, 0.05) is 12.5 Å². The van der Waals surface area contributed by atoms with Crippen molar-refractivity contribution in [1.82, 2.24) is 4.98 Å². The number of thiophene rings is 1. The molecule has 0 radical (unpaired) electrons. The standard InChI is InChI=1S/C11H13NO2S/c1-7-10(14-8(2)12-7)11(3,13)9-4-5-15-6-9/h4-6,13H,1-3H3. The van der Waals surface area contributed by atoms with Crippen molar-refractivity contribution in [3.05, 3.63) is 39.7 Å². The third-order valence-electron chi connectivity index (χ3n) is 2.43. The first-order valence-corrected chi connectivity index (χ1v) is 5.65. The van der Waals surface area contributed by atoms with Crippen molar-refractivity contribution in [2.45, 2.75) is 26.4 Å². The molecule has 80 valence electrons. The first-order valence-electron chi connectivity index (χ1n) is 4.71. The van der Waals surface area contributed by atoms with Gasteiger partial charge in [0.2, 0.25) is 0 Å². The Morgan fingerprint density at radius 2 is 2.20 bits per heavy atom. The molecule has 0 aromatic carbocycles. The molecule has 15 heavy (non-hydrogen) atoms. The summed E-state index contributed by atoms with van der Waals surface area (Å²) in [5.74, 6) is 1.11. The van der Waals surface area contributed by atoms with E-state index in [0.29, 0.717) is 11.7 Å². The Hall–Kier alpha value is -1.13. The molecular formula is C11H13NO2S. The Morgan fingerprint density at radius 3 is 2.67 bits per heavy atom. The highest BCUT2D eigenvalue weighted by Crippen LogP contribution is 2.32. The van der Waals surface area contributed by atoms with Crippen molar-refractivity contribution in [3.63, 3.8) is 0 Å². The molecule has 2 rings (SSSR count). The van der Waals surface area contributed by atoms with Crippen LogP contribution >= 0.6 is 11.3 Å². The maximum absolute atomic E-state index is 10.4. The fourth-order valence-corrected chi connectivity index (χ4v) is 2.41. The molecule has 0 aliphatic heterocycles. The van der Waals surface area contributed by atoms with Gasteiger partial charge >= 0.3 is 0 Å². The molecule has 4 heteroatoms. The zero-order chi connectivity index (χ0) is 11.1. The zero-order valence-corrected chi connectivity index (χ0v) is 9.76. The van der Waals surface area contributed by atoms with Crippen LogP contribution in [0.15, 0.2) is 21.2 Å². The monoisotopic (exact) mass is 223 g/mol. The Bertz CT molecular complexity index is 457. The summed E-state index contributed by atoms with van der Waals surface area (Å²) in [7, 11) is 0. The molecule has 0 saturated heterocycles. The molecule has 0 spiro atoms. The van der Waals surface area contributed by atoms with Crippen molar-refractivity contribution in [1.29, 1.82) is 0 Å². The van der Waals surface area contributed by atoms with Crippen LogP contribution < -0.4 is 0 Å². The van der Waals surface area contributed by atoms with E-state index in [-0.39, 0.29) is 0 Å². The van der Waals surface area contributed by atoms with E-state index >= 15 is 0 Å². The van der Waals surface area contributed by atoms with E-state index in [4.69, 9.17) is 4.42 Å². The number of oxazole rings is 1. The largest absolute Gasteiger partial charge is 0.442 e. The maximum Gasteiger partial charge on any atom is 0.191 e. The number of nitrogens with zero attached hydrogens (tertiary/aromatic N) is 1. The van der Waals surface area contributed by atoms with Crippen LogP contribution in [-0.2, 0) is 5.60 Å². The fraction of sp³-hybridized carbons (Fsp3) is 0.364. The molecule has 0 aliphatic rings. The molecule has 0 amide bonds. The Morgan fingerprint density at radius 1 is 1.47 bits per heavy atom. The molecule has 1 atom stereocenters. The Labute approximate surface area is 92.4 Å². The maximum atomic E-state index is 10.4. The number of aryl methyl sites for hydroxylation is 2. The van der Waals surface area contributed by atoms with Crippen molar-refractivity contribution in [2.75, 3.05) is 0 Å². The first kappa shape index (κ1) is 10.4. The number of aliphatic hydroxyl groups is 1. The van der Waals surface area contributed by atoms with Crippen molar-refractivity contribution < 1.29 is 9.52 Å². The third kappa shape index (κ3) is 1.70. The van der Waals surface area contributed by atoms with E-state index < -0.39 is 5.60 Å². The lowest BCUT2D eigenvalue weighted by Gasteiger charge is -2.19. The highest BCUT2D eigenvalue weighted by atomic mass is 32.1. The van der Waals surface area contributed by atoms with Gasteiger partial charge in [-0.1, -0.05) is 0 Å². The number of hydrogen-bond donors (Lipinski definition) is 1. The highest BCUT2D eigenvalue weighted by molar-refractivity contribution is 7.08. The average molecular weight is 223 g/mol. The van der Waals surface area contributed by atoms with E-state index in [2.05, 4.69) is 4.98 Å². The van der Waals surface area contributed by atoms with Crippen LogP contribution in [0.4, 0.5) is 0 Å². The molecule has 0 aliphatic carbocycles. The van der Waals surface area contributed by atoms with E-state index in [1.807, 2.05) is 23.8 Å². The SMILES string of the molecule is Cc1nc(C)c(C(C)(O)c2ccsc2)o1. The van der Waals surface area contributed by atoms with Gasteiger partial charge < -0.3 is 9.52 Å². The minimum atomic E-state index is -1.09. The zero-order valence-electron chi connectivity index (χ0n) is 8.94. The van der Waals surface area contributed by atoms with Gasteiger partial charge in [-0.15, -0.1) is 0 Å². The van der Waals surface area contributed by atoms with Gasteiger partial charge in [0.25, 0.3) is 0 Å². The second-order valence-corrected chi connectivity index (χ2v) is 4.51. The lowest BCUT2D eigenvalue weighted by Crippen LogP contribution is -2.22. The summed E-state index contributed by atoms with van der Waals surface area (Å²) < 4.78 is 5.45. The fourth-order valence-electron chi connectivity index (χ4n) is 1.66. The smallest absolute Gasteiger partial charge is 0.191 e. The quantitative estimate of drug-likeness (QED) is 0.851. The van der Waals surface area contributed by atoms with Crippen LogP contribution in [0.2, 0.25) is 0 Å². The van der Waals surface area contributed by atoms with Gasteiger partial charge in [-0.2, -0.15) is 11.3 Å². The summed E-state index contributed by atoms with van der Waals surface area (Å²) in [5, 5.41) is 14.3. The molecular weight excluding hydrogens is 210 g/mol. The average Bonchev–Trinajstić information content (AvgIpc) is 2.74. The van der Waals surface area contributed by atoms with Gasteiger partial charge in [-0.25, -0.2) is 4.98 Å². The van der Waals surface area contributed by atoms with Gasteiger partial charge in [0.15, 0.2) is 11.7 Å². The van der Waals surface area contributed by atoms with Crippen LogP contribution in [0.3, 0.4) is 0 Å². The van der Waals surface area contributed by atoms with E-state index in [9.17, 15) is 5.11 Å². The molecule has 2 heterocycles. The van der Waals surface area contributed by atoms with Crippen molar-refractivity contribution in [2.24, 2.45) is 0 Å². The van der Waals surface area contributed by atoms with Gasteiger partial charge in [0.1, 0.15) is 5.60 Å². The normalized spacial score (nSPS) is 15.2. The van der Waals surface area contributed by atoms with Crippen LogP contribution in [0.25, 0.3) is 0 Å². The van der Waals surface area contributed by atoms with Crippen molar-refractivity contribution >= 4 is 11.3 Å². The highest BCUT2D eigenvalue weighted by Gasteiger charge is 2.32. The Kier molecular flexibility index (Phi) is 2.40. The van der Waals surface area contributed by atoms with Crippen LogP contribution in [0, 0.1) is 13.8 Å². The first-order chi connectivity index (χ1) is 7.01. The van der Waals surface area contributed by atoms with Crippen LogP contribution in [-0.4, -0.2) is 10.1 Å². The molecule has 0 saturated carbocycles. The van der Waals surface area contributed by atoms with E-state index in [0.717, 1.165) is 11.3 Å². The van der Waals surface area contributed by atoms with E-state index in [1.54, 1.807) is 25.2 Å². The van der Waals surface area contributed by atoms with Crippen LogP contribution in [0.5, 0.6) is 0 Å².